The van der Waals surface area contributed by atoms with Crippen molar-refractivity contribution in [2.45, 2.75) is 0 Å². The molecule has 0 aliphatic heterocycles. The summed E-state index contributed by atoms with van der Waals surface area (Å²) < 4.78 is 0. The molecule has 0 bridgehead atoms. The van der Waals surface area contributed by atoms with E-state index in [9.17, 15) is 4.79 Å². The van der Waals surface area contributed by atoms with Crippen molar-refractivity contribution in [3.8, 4) is 0 Å². The molecule has 0 aromatic carbocycles. The number of rotatable bonds is 1. The molecule has 56 valence electrons. The van der Waals surface area contributed by atoms with Crippen LogP contribution in [0.4, 0.5) is 0 Å². The first kappa shape index (κ1) is 14.0. The van der Waals surface area contributed by atoms with Gasteiger partial charge in [0.05, 0.1) is 0 Å². The summed E-state index contributed by atoms with van der Waals surface area (Å²) in [6.45, 7) is 0. The molecule has 0 aliphatic rings. The number of pyridine rings is 1. The fourth-order valence-corrected chi connectivity index (χ4v) is 0.489. The molecule has 0 aliphatic carbocycles. The second kappa shape index (κ2) is 7.08. The third-order valence-corrected chi connectivity index (χ3v) is 0.884. The van der Waals surface area contributed by atoms with Crippen LogP contribution in [-0.2, 0) is 17.4 Å². The average Bonchev–Trinajstić information content (AvgIpc) is 1.90. The quantitative estimate of drug-likeness (QED) is 0.666. The molecule has 0 amide bonds. The maximum absolute atomic E-state index is 10.1. The third-order valence-electron chi connectivity index (χ3n) is 0.884. The second-order valence-electron chi connectivity index (χ2n) is 1.52. The van der Waals surface area contributed by atoms with E-state index >= 15 is 0 Å². The number of nitrogens with zero attached hydrogens (tertiary/aromatic N) is 1. The number of aromatic nitrogens is 1. The van der Waals surface area contributed by atoms with E-state index in [0.29, 0.717) is 0 Å². The number of aromatic carboxylic acids is 1. The molecule has 0 saturated carbocycles. The van der Waals surface area contributed by atoms with Crippen LogP contribution in [0.15, 0.2) is 24.4 Å². The Kier molecular flexibility index (Phi) is 8.99. The number of hydrogen-bond acceptors (Lipinski definition) is 2. The van der Waals surface area contributed by atoms with E-state index in [-0.39, 0.29) is 60.8 Å². The second-order valence-corrected chi connectivity index (χ2v) is 1.52. The first-order valence-corrected chi connectivity index (χ1v) is 2.45. The Morgan fingerprint density at radius 3 is 2.36 bits per heavy atom. The minimum atomic E-state index is -0.990. The van der Waals surface area contributed by atoms with Gasteiger partial charge in [0.15, 0.2) is 0 Å². The molecule has 1 aromatic rings. The van der Waals surface area contributed by atoms with Crippen LogP contribution in [0.5, 0.6) is 0 Å². The van der Waals surface area contributed by atoms with Gasteiger partial charge in [0, 0.05) is 23.6 Å². The van der Waals surface area contributed by atoms with Crippen molar-refractivity contribution in [3.63, 3.8) is 0 Å². The van der Waals surface area contributed by atoms with Crippen molar-refractivity contribution < 1.29 is 27.3 Å². The van der Waals surface area contributed by atoms with Crippen LogP contribution in [-0.4, -0.2) is 53.8 Å². The standard InChI is InChI=1S/C6H5NO2.Ca.Cr.2H/c8-6(9)5-3-1-2-4-7-5;;;;/h1-4H,(H,8,9);;;;. The predicted octanol–water partition coefficient (Wildman–Crippen LogP) is -0.139. The minimum Gasteiger partial charge on any atom is 0 e. The van der Waals surface area contributed by atoms with Crippen molar-refractivity contribution in [1.29, 1.82) is 0 Å². The van der Waals surface area contributed by atoms with Gasteiger partial charge >= 0.3 is 43.7 Å². The smallest absolute Gasteiger partial charge is 0 e. The average molecular weight is 217 g/mol. The van der Waals surface area contributed by atoms with Gasteiger partial charge < -0.3 is 5.11 Å². The van der Waals surface area contributed by atoms with Gasteiger partial charge in [-0.05, 0) is 12.1 Å². The van der Waals surface area contributed by atoms with Crippen LogP contribution in [0.1, 0.15) is 10.5 Å². The Morgan fingerprint density at radius 1 is 1.45 bits per heavy atom. The van der Waals surface area contributed by atoms with E-state index < -0.39 is 5.97 Å². The van der Waals surface area contributed by atoms with Crippen LogP contribution >= 0.6 is 0 Å². The van der Waals surface area contributed by atoms with E-state index in [1.54, 1.807) is 12.1 Å². The molecule has 5 heteroatoms. The maximum Gasteiger partial charge on any atom is 0 e. The molecule has 0 fully saturated rings. The molecule has 1 N–H and O–H groups in total. The van der Waals surface area contributed by atoms with Crippen LogP contribution < -0.4 is 0 Å². The molecule has 1 aromatic heterocycles. The molecular formula is C6H7CaCrNO2. The molecular weight excluding hydrogens is 210 g/mol. The normalized spacial score (nSPS) is 7.27. The van der Waals surface area contributed by atoms with E-state index in [0.717, 1.165) is 0 Å². The minimum absolute atomic E-state index is 0. The number of carboxylic acid groups (broad SMARTS) is 1. The zero-order valence-corrected chi connectivity index (χ0v) is 6.30. The zero-order valence-electron chi connectivity index (χ0n) is 5.02. The summed E-state index contributed by atoms with van der Waals surface area (Å²) in [4.78, 5) is 13.7. The summed E-state index contributed by atoms with van der Waals surface area (Å²) in [5.41, 5.74) is 0.0810. The van der Waals surface area contributed by atoms with Crippen LogP contribution in [0.2, 0.25) is 0 Å². The molecule has 11 heavy (non-hydrogen) atoms. The molecule has 3 nitrogen and oxygen atoms in total. The summed E-state index contributed by atoms with van der Waals surface area (Å²) in [6, 6.07) is 4.76. The first-order chi connectivity index (χ1) is 4.30. The fourth-order valence-electron chi connectivity index (χ4n) is 0.489. The number of hydrogen-bond donors (Lipinski definition) is 1. The molecule has 0 radical (unpaired) electrons. The van der Waals surface area contributed by atoms with Crippen LogP contribution in [0.3, 0.4) is 0 Å². The van der Waals surface area contributed by atoms with Gasteiger partial charge in [-0.2, -0.15) is 0 Å². The summed E-state index contributed by atoms with van der Waals surface area (Å²) in [5.74, 6) is -0.990. The van der Waals surface area contributed by atoms with Gasteiger partial charge in [-0.25, -0.2) is 9.78 Å². The first-order valence-electron chi connectivity index (χ1n) is 2.45. The summed E-state index contributed by atoms with van der Waals surface area (Å²) in [7, 11) is 0. The van der Waals surface area contributed by atoms with Crippen molar-refractivity contribution in [3.05, 3.63) is 30.1 Å². The predicted molar refractivity (Wildman–Crippen MR) is 39.7 cm³/mol. The van der Waals surface area contributed by atoms with Crippen molar-refractivity contribution in [1.82, 2.24) is 4.98 Å². The van der Waals surface area contributed by atoms with Crippen molar-refractivity contribution in [2.24, 2.45) is 0 Å². The molecule has 0 spiro atoms. The SMILES string of the molecule is O=C(O)c1ccccn1.[CaH2].[Cr]. The van der Waals surface area contributed by atoms with Crippen LogP contribution in [0.25, 0.3) is 0 Å². The van der Waals surface area contributed by atoms with Crippen molar-refractivity contribution in [2.75, 3.05) is 0 Å². The van der Waals surface area contributed by atoms with Gasteiger partial charge in [-0.3, -0.25) is 0 Å². The maximum atomic E-state index is 10.1. The van der Waals surface area contributed by atoms with Gasteiger partial charge in [0.1, 0.15) is 5.69 Å². The zero-order chi connectivity index (χ0) is 6.69. The molecule has 0 unspecified atom stereocenters. The number of carboxylic acids is 1. The Balaban J connectivity index is 0. The molecule has 0 saturated heterocycles. The molecule has 1 heterocycles. The Labute approximate surface area is 105 Å². The monoisotopic (exact) mass is 217 g/mol. The van der Waals surface area contributed by atoms with Gasteiger partial charge in [-0.15, -0.1) is 0 Å². The van der Waals surface area contributed by atoms with Crippen LogP contribution in [0, 0.1) is 0 Å². The third kappa shape index (κ3) is 4.78. The molecule has 1 rings (SSSR count). The van der Waals surface area contributed by atoms with E-state index in [1.165, 1.54) is 12.3 Å². The van der Waals surface area contributed by atoms with Crippen molar-refractivity contribution >= 4 is 43.7 Å². The fraction of sp³-hybridized carbons (Fsp3) is 0. The number of carbonyl (C=O) groups is 1. The van der Waals surface area contributed by atoms with Gasteiger partial charge in [0.25, 0.3) is 0 Å². The summed E-state index contributed by atoms with van der Waals surface area (Å²) in [6.07, 6.45) is 1.45. The Morgan fingerprint density at radius 2 is 2.09 bits per heavy atom. The molecule has 0 atom stereocenters. The van der Waals surface area contributed by atoms with E-state index in [1.807, 2.05) is 0 Å². The summed E-state index contributed by atoms with van der Waals surface area (Å²) in [5, 5.41) is 8.32. The summed E-state index contributed by atoms with van der Waals surface area (Å²) >= 11 is 0. The van der Waals surface area contributed by atoms with Gasteiger partial charge in [0.2, 0.25) is 0 Å². The topological polar surface area (TPSA) is 50.2 Å². The Hall–Kier alpha value is 0.412. The van der Waals surface area contributed by atoms with E-state index in [4.69, 9.17) is 5.11 Å². The van der Waals surface area contributed by atoms with E-state index in [2.05, 4.69) is 4.98 Å². The van der Waals surface area contributed by atoms with Gasteiger partial charge in [-0.1, -0.05) is 6.07 Å². The Bertz CT molecular complexity index is 217. The largest absolute Gasteiger partial charge is 0 e.